The van der Waals surface area contributed by atoms with Gasteiger partial charge in [0.15, 0.2) is 12.4 Å². The zero-order valence-corrected chi connectivity index (χ0v) is 17.4. The van der Waals surface area contributed by atoms with E-state index in [9.17, 15) is 14.4 Å². The second-order valence-electron chi connectivity index (χ2n) is 6.31. The summed E-state index contributed by atoms with van der Waals surface area (Å²) in [6, 6.07) is 18.7. The number of ketones is 1. The number of esters is 1. The number of nitrogens with zero attached hydrogens (tertiary/aromatic N) is 1. The highest BCUT2D eigenvalue weighted by molar-refractivity contribution is 6.31. The van der Waals surface area contributed by atoms with E-state index in [0.717, 1.165) is 0 Å². The van der Waals surface area contributed by atoms with Gasteiger partial charge in [-0.25, -0.2) is 4.79 Å². The molecule has 0 aromatic heterocycles. The summed E-state index contributed by atoms with van der Waals surface area (Å²) < 4.78 is 5.07. The Morgan fingerprint density at radius 1 is 0.903 bits per heavy atom. The molecule has 0 spiro atoms. The van der Waals surface area contributed by atoms with E-state index in [2.05, 4.69) is 5.32 Å². The maximum absolute atomic E-state index is 12.8. The maximum Gasteiger partial charge on any atom is 0.339 e. The summed E-state index contributed by atoms with van der Waals surface area (Å²) in [6.07, 6.45) is 0. The van der Waals surface area contributed by atoms with Gasteiger partial charge in [-0.05, 0) is 48.5 Å². The number of hydrogen-bond acceptors (Lipinski definition) is 5. The summed E-state index contributed by atoms with van der Waals surface area (Å²) in [5.41, 5.74) is 0.928. The summed E-state index contributed by atoms with van der Waals surface area (Å²) in [6.45, 7) is -0.611. The maximum atomic E-state index is 12.8. The van der Waals surface area contributed by atoms with Gasteiger partial charge in [0.1, 0.15) is 6.07 Å². The molecular weight excluding hydrogens is 439 g/mol. The molecule has 0 heterocycles. The SMILES string of the molecule is N#Cc1ccc(Cl)cc1NC(=O)COC(=O)c1ccccc1C(=O)c1ccc(Cl)cc1. The number of nitriles is 1. The Hall–Kier alpha value is -3.66. The summed E-state index contributed by atoms with van der Waals surface area (Å²) >= 11 is 11.7. The average Bonchev–Trinajstić information content (AvgIpc) is 2.77. The van der Waals surface area contributed by atoms with E-state index in [1.54, 1.807) is 36.4 Å². The zero-order chi connectivity index (χ0) is 22.4. The zero-order valence-electron chi connectivity index (χ0n) is 15.9. The molecule has 8 heteroatoms. The lowest BCUT2D eigenvalue weighted by Gasteiger charge is -2.10. The fraction of sp³-hybridized carbons (Fsp3) is 0.0435. The third kappa shape index (κ3) is 5.48. The molecule has 0 radical (unpaired) electrons. The first-order valence-electron chi connectivity index (χ1n) is 8.95. The minimum Gasteiger partial charge on any atom is -0.452 e. The third-order valence-electron chi connectivity index (χ3n) is 4.21. The first-order valence-corrected chi connectivity index (χ1v) is 9.70. The van der Waals surface area contributed by atoms with Crippen molar-refractivity contribution < 1.29 is 19.1 Å². The molecule has 6 nitrogen and oxygen atoms in total. The number of hydrogen-bond donors (Lipinski definition) is 1. The summed E-state index contributed by atoms with van der Waals surface area (Å²) in [5.74, 6) is -1.88. The van der Waals surface area contributed by atoms with E-state index in [-0.39, 0.29) is 28.2 Å². The molecule has 0 bridgehead atoms. The smallest absolute Gasteiger partial charge is 0.339 e. The van der Waals surface area contributed by atoms with Crippen LogP contribution in [0, 0.1) is 11.3 Å². The Bertz CT molecular complexity index is 1200. The quantitative estimate of drug-likeness (QED) is 0.424. The van der Waals surface area contributed by atoms with Crippen molar-refractivity contribution in [2.75, 3.05) is 11.9 Å². The van der Waals surface area contributed by atoms with Crippen LogP contribution in [0.5, 0.6) is 0 Å². The van der Waals surface area contributed by atoms with Crippen LogP contribution in [-0.4, -0.2) is 24.3 Å². The molecular formula is C23H14Cl2N2O4. The van der Waals surface area contributed by atoms with Crippen LogP contribution in [0.1, 0.15) is 31.8 Å². The molecule has 0 aliphatic heterocycles. The van der Waals surface area contributed by atoms with Crippen LogP contribution in [0.3, 0.4) is 0 Å². The van der Waals surface area contributed by atoms with Gasteiger partial charge in [-0.2, -0.15) is 5.26 Å². The van der Waals surface area contributed by atoms with Crippen LogP contribution >= 0.6 is 23.2 Å². The number of anilines is 1. The number of halogens is 2. The monoisotopic (exact) mass is 452 g/mol. The predicted molar refractivity (Wildman–Crippen MR) is 116 cm³/mol. The van der Waals surface area contributed by atoms with Gasteiger partial charge in [-0.15, -0.1) is 0 Å². The van der Waals surface area contributed by atoms with Gasteiger partial charge in [-0.3, -0.25) is 9.59 Å². The number of benzene rings is 3. The number of nitrogens with one attached hydrogen (secondary N) is 1. The number of ether oxygens (including phenoxy) is 1. The molecule has 1 N–H and O–H groups in total. The van der Waals surface area contributed by atoms with Crippen molar-refractivity contribution in [1.29, 1.82) is 5.26 Å². The molecule has 0 saturated carbocycles. The normalized spacial score (nSPS) is 10.1. The number of carbonyl (C=O) groups is 3. The van der Waals surface area contributed by atoms with Crippen LogP contribution in [0.2, 0.25) is 10.0 Å². The number of rotatable bonds is 6. The molecule has 0 fully saturated rings. The van der Waals surface area contributed by atoms with Crippen molar-refractivity contribution in [3.63, 3.8) is 0 Å². The molecule has 0 atom stereocenters. The van der Waals surface area contributed by atoms with Crippen LogP contribution in [0.4, 0.5) is 5.69 Å². The summed E-state index contributed by atoms with van der Waals surface area (Å²) in [7, 11) is 0. The van der Waals surface area contributed by atoms with Crippen molar-refractivity contribution in [2.45, 2.75) is 0 Å². The molecule has 31 heavy (non-hydrogen) atoms. The molecule has 0 unspecified atom stereocenters. The summed E-state index contributed by atoms with van der Waals surface area (Å²) in [4.78, 5) is 37.5. The molecule has 0 saturated heterocycles. The predicted octanol–water partition coefficient (Wildman–Crippen LogP) is 4.89. The van der Waals surface area contributed by atoms with Gasteiger partial charge < -0.3 is 10.1 Å². The van der Waals surface area contributed by atoms with Crippen LogP contribution in [0.15, 0.2) is 66.7 Å². The van der Waals surface area contributed by atoms with Gasteiger partial charge in [0.05, 0.1) is 16.8 Å². The van der Waals surface area contributed by atoms with Crippen molar-refractivity contribution in [3.05, 3.63) is 99.0 Å². The van der Waals surface area contributed by atoms with Crippen molar-refractivity contribution in [3.8, 4) is 6.07 Å². The Kier molecular flexibility index (Phi) is 7.03. The topological polar surface area (TPSA) is 96.3 Å². The first-order chi connectivity index (χ1) is 14.9. The lowest BCUT2D eigenvalue weighted by molar-refractivity contribution is -0.119. The van der Waals surface area contributed by atoms with Gasteiger partial charge >= 0.3 is 5.97 Å². The number of carbonyl (C=O) groups excluding carboxylic acids is 3. The van der Waals surface area contributed by atoms with Crippen LogP contribution in [-0.2, 0) is 9.53 Å². The Morgan fingerprint density at radius 3 is 2.23 bits per heavy atom. The highest BCUT2D eigenvalue weighted by Crippen LogP contribution is 2.21. The minimum absolute atomic E-state index is 0.0238. The largest absolute Gasteiger partial charge is 0.452 e. The molecule has 154 valence electrons. The average molecular weight is 453 g/mol. The molecule has 3 aromatic rings. The number of amides is 1. The van der Waals surface area contributed by atoms with Crippen LogP contribution in [0.25, 0.3) is 0 Å². The van der Waals surface area contributed by atoms with Gasteiger partial charge in [0, 0.05) is 21.2 Å². The van der Waals surface area contributed by atoms with E-state index in [0.29, 0.717) is 15.6 Å². The third-order valence-corrected chi connectivity index (χ3v) is 4.70. The molecule has 3 rings (SSSR count). The second-order valence-corrected chi connectivity index (χ2v) is 7.18. The second kappa shape index (κ2) is 9.90. The minimum atomic E-state index is -0.834. The Balaban J connectivity index is 1.71. The molecule has 3 aromatic carbocycles. The fourth-order valence-corrected chi connectivity index (χ4v) is 3.03. The van der Waals surface area contributed by atoms with Crippen molar-refractivity contribution in [2.24, 2.45) is 0 Å². The van der Waals surface area contributed by atoms with Gasteiger partial charge in [-0.1, -0.05) is 41.4 Å². The van der Waals surface area contributed by atoms with Crippen molar-refractivity contribution >= 4 is 46.5 Å². The standard InChI is InChI=1S/C23H14Cl2N2O4/c24-16-8-5-14(6-9-16)22(29)18-3-1-2-4-19(18)23(30)31-13-21(28)27-20-11-17(25)10-7-15(20)12-26/h1-11H,13H2,(H,27,28). The highest BCUT2D eigenvalue weighted by Gasteiger charge is 2.20. The lowest BCUT2D eigenvalue weighted by Crippen LogP contribution is -2.22. The summed E-state index contributed by atoms with van der Waals surface area (Å²) in [5, 5.41) is 12.4. The highest BCUT2D eigenvalue weighted by atomic mass is 35.5. The van der Waals surface area contributed by atoms with E-state index >= 15 is 0 Å². The van der Waals surface area contributed by atoms with Gasteiger partial charge in [0.25, 0.3) is 5.91 Å². The molecule has 0 aliphatic carbocycles. The molecule has 0 aliphatic rings. The van der Waals surface area contributed by atoms with Gasteiger partial charge in [0.2, 0.25) is 0 Å². The first kappa shape index (κ1) is 22.0. The van der Waals surface area contributed by atoms with E-state index in [4.69, 9.17) is 33.2 Å². The Labute approximate surface area is 188 Å². The lowest BCUT2D eigenvalue weighted by atomic mass is 9.98. The fourth-order valence-electron chi connectivity index (χ4n) is 2.73. The molecule has 1 amide bonds. The van der Waals surface area contributed by atoms with E-state index in [1.165, 1.54) is 30.3 Å². The van der Waals surface area contributed by atoms with E-state index < -0.39 is 18.5 Å². The van der Waals surface area contributed by atoms with Crippen LogP contribution < -0.4 is 5.32 Å². The van der Waals surface area contributed by atoms with Crippen molar-refractivity contribution in [1.82, 2.24) is 0 Å². The Morgan fingerprint density at radius 2 is 1.55 bits per heavy atom. The van der Waals surface area contributed by atoms with E-state index in [1.807, 2.05) is 6.07 Å².